The number of rotatable bonds is 2. The van der Waals surface area contributed by atoms with Crippen molar-refractivity contribution in [2.45, 2.75) is 0 Å². The molecule has 4 aromatic rings. The molecule has 0 saturated heterocycles. The van der Waals surface area contributed by atoms with Gasteiger partial charge in [0.1, 0.15) is 6.33 Å². The monoisotopic (exact) mass is 429 g/mol. The Morgan fingerprint density at radius 3 is 2.56 bits per heavy atom. The Morgan fingerprint density at radius 2 is 1.76 bits per heavy atom. The van der Waals surface area contributed by atoms with Crippen molar-refractivity contribution in [2.24, 2.45) is 0 Å². The van der Waals surface area contributed by atoms with E-state index in [0.29, 0.717) is 15.7 Å². The molecule has 0 aliphatic rings. The summed E-state index contributed by atoms with van der Waals surface area (Å²) < 4.78 is 1.00. The zero-order valence-electron chi connectivity index (χ0n) is 12.7. The average Bonchev–Trinajstić information content (AvgIpc) is 2.63. The standard InChI is InChI=1S/C19H10BrCl2N3/c20-13-3-1-2-11(6-13)14-8-18(12-4-5-16(21)17(22)7-12)25-19-15(14)9-23-10-24-19/h1-10H. The van der Waals surface area contributed by atoms with E-state index < -0.39 is 0 Å². The minimum absolute atomic E-state index is 0.493. The normalized spacial score (nSPS) is 11.0. The van der Waals surface area contributed by atoms with Crippen LogP contribution in [0.5, 0.6) is 0 Å². The van der Waals surface area contributed by atoms with Crippen LogP contribution in [0.2, 0.25) is 10.0 Å². The van der Waals surface area contributed by atoms with E-state index in [9.17, 15) is 0 Å². The maximum absolute atomic E-state index is 6.17. The topological polar surface area (TPSA) is 38.7 Å². The van der Waals surface area contributed by atoms with Gasteiger partial charge in [-0.15, -0.1) is 0 Å². The highest BCUT2D eigenvalue weighted by atomic mass is 79.9. The van der Waals surface area contributed by atoms with Crippen LogP contribution >= 0.6 is 39.1 Å². The van der Waals surface area contributed by atoms with E-state index in [1.165, 1.54) is 6.33 Å². The summed E-state index contributed by atoms with van der Waals surface area (Å²) in [5, 5.41) is 1.90. The van der Waals surface area contributed by atoms with Crippen molar-refractivity contribution in [1.82, 2.24) is 15.0 Å². The molecule has 6 heteroatoms. The highest BCUT2D eigenvalue weighted by Gasteiger charge is 2.12. The molecule has 0 aliphatic heterocycles. The van der Waals surface area contributed by atoms with Crippen molar-refractivity contribution >= 4 is 50.2 Å². The molecule has 2 heterocycles. The molecule has 0 bridgehead atoms. The van der Waals surface area contributed by atoms with Gasteiger partial charge in [0.2, 0.25) is 0 Å². The first-order valence-corrected chi connectivity index (χ1v) is 8.99. The molecule has 0 radical (unpaired) electrons. The molecule has 2 aromatic heterocycles. The Balaban J connectivity index is 1.99. The van der Waals surface area contributed by atoms with Crippen LogP contribution in [0.4, 0.5) is 0 Å². The van der Waals surface area contributed by atoms with Crippen molar-refractivity contribution in [2.75, 3.05) is 0 Å². The minimum atomic E-state index is 0.493. The second kappa shape index (κ2) is 6.71. The van der Waals surface area contributed by atoms with Crippen LogP contribution < -0.4 is 0 Å². The highest BCUT2D eigenvalue weighted by Crippen LogP contribution is 2.34. The molecular formula is C19H10BrCl2N3. The van der Waals surface area contributed by atoms with Gasteiger partial charge in [0.05, 0.1) is 15.7 Å². The van der Waals surface area contributed by atoms with Gasteiger partial charge in [-0.05, 0) is 41.5 Å². The van der Waals surface area contributed by atoms with Gasteiger partial charge < -0.3 is 0 Å². The Bertz CT molecular complexity index is 1100. The van der Waals surface area contributed by atoms with Gasteiger partial charge in [-0.25, -0.2) is 15.0 Å². The van der Waals surface area contributed by atoms with E-state index in [1.54, 1.807) is 12.3 Å². The molecule has 0 amide bonds. The second-order valence-electron chi connectivity index (χ2n) is 5.45. The van der Waals surface area contributed by atoms with Gasteiger partial charge in [-0.2, -0.15) is 0 Å². The fourth-order valence-corrected chi connectivity index (χ4v) is 3.36. The molecule has 0 atom stereocenters. The predicted molar refractivity (Wildman–Crippen MR) is 106 cm³/mol. The summed E-state index contributed by atoms with van der Waals surface area (Å²) in [5.74, 6) is 0. The maximum Gasteiger partial charge on any atom is 0.163 e. The second-order valence-corrected chi connectivity index (χ2v) is 7.18. The predicted octanol–water partition coefficient (Wildman–Crippen LogP) is 6.43. The van der Waals surface area contributed by atoms with E-state index in [-0.39, 0.29) is 0 Å². The van der Waals surface area contributed by atoms with E-state index in [0.717, 1.165) is 32.2 Å². The molecule has 0 saturated carbocycles. The van der Waals surface area contributed by atoms with Crippen LogP contribution in [0, 0.1) is 0 Å². The zero-order chi connectivity index (χ0) is 17.4. The van der Waals surface area contributed by atoms with E-state index in [1.807, 2.05) is 36.4 Å². The Hall–Kier alpha value is -2.01. The summed E-state index contributed by atoms with van der Waals surface area (Å²) in [7, 11) is 0. The molecule has 0 fully saturated rings. The number of hydrogen-bond acceptors (Lipinski definition) is 3. The third kappa shape index (κ3) is 3.25. The fourth-order valence-electron chi connectivity index (χ4n) is 2.66. The smallest absolute Gasteiger partial charge is 0.163 e. The molecule has 122 valence electrons. The lowest BCUT2D eigenvalue weighted by molar-refractivity contribution is 1.18. The number of nitrogens with zero attached hydrogens (tertiary/aromatic N) is 3. The fraction of sp³-hybridized carbons (Fsp3) is 0. The number of hydrogen-bond donors (Lipinski definition) is 0. The Kier molecular flexibility index (Phi) is 4.42. The third-order valence-corrected chi connectivity index (χ3v) is 5.07. The van der Waals surface area contributed by atoms with Crippen LogP contribution in [-0.2, 0) is 0 Å². The maximum atomic E-state index is 6.17. The first-order chi connectivity index (χ1) is 12.1. The molecule has 0 unspecified atom stereocenters. The first-order valence-electron chi connectivity index (χ1n) is 7.44. The summed E-state index contributed by atoms with van der Waals surface area (Å²) in [6.07, 6.45) is 3.28. The third-order valence-electron chi connectivity index (χ3n) is 3.84. The van der Waals surface area contributed by atoms with Crippen molar-refractivity contribution in [3.63, 3.8) is 0 Å². The molecule has 4 rings (SSSR count). The van der Waals surface area contributed by atoms with Crippen molar-refractivity contribution < 1.29 is 0 Å². The van der Waals surface area contributed by atoms with E-state index in [4.69, 9.17) is 23.2 Å². The lowest BCUT2D eigenvalue weighted by Crippen LogP contribution is -1.93. The number of pyridine rings is 1. The molecular weight excluding hydrogens is 421 g/mol. The SMILES string of the molecule is Clc1ccc(-c2cc(-c3cccc(Br)c3)c3cncnc3n2)cc1Cl. The van der Waals surface area contributed by atoms with Gasteiger partial charge in [0.15, 0.2) is 5.65 Å². The lowest BCUT2D eigenvalue weighted by atomic mass is 10.0. The number of aromatic nitrogens is 3. The van der Waals surface area contributed by atoms with Crippen molar-refractivity contribution in [3.8, 4) is 22.4 Å². The quantitative estimate of drug-likeness (QED) is 0.367. The first kappa shape index (κ1) is 16.5. The highest BCUT2D eigenvalue weighted by molar-refractivity contribution is 9.10. The number of benzene rings is 2. The number of fused-ring (bicyclic) bond motifs is 1. The summed E-state index contributed by atoms with van der Waals surface area (Å²) >= 11 is 15.7. The van der Waals surface area contributed by atoms with Crippen LogP contribution in [0.1, 0.15) is 0 Å². The van der Waals surface area contributed by atoms with Gasteiger partial charge in [-0.1, -0.05) is 57.3 Å². The molecule has 2 aromatic carbocycles. The van der Waals surface area contributed by atoms with Crippen LogP contribution in [0.15, 0.2) is 65.5 Å². The van der Waals surface area contributed by atoms with Crippen LogP contribution in [-0.4, -0.2) is 15.0 Å². The molecule has 0 N–H and O–H groups in total. The summed E-state index contributed by atoms with van der Waals surface area (Å²) in [6, 6.07) is 15.6. The summed E-state index contributed by atoms with van der Waals surface area (Å²) in [4.78, 5) is 13.1. The molecule has 0 spiro atoms. The zero-order valence-corrected chi connectivity index (χ0v) is 15.8. The Morgan fingerprint density at radius 1 is 0.880 bits per heavy atom. The van der Waals surface area contributed by atoms with Gasteiger partial charge in [0.25, 0.3) is 0 Å². The molecule has 25 heavy (non-hydrogen) atoms. The minimum Gasteiger partial charge on any atom is -0.244 e. The van der Waals surface area contributed by atoms with Gasteiger partial charge in [0, 0.05) is 21.6 Å². The van der Waals surface area contributed by atoms with Crippen LogP contribution in [0.25, 0.3) is 33.4 Å². The lowest BCUT2D eigenvalue weighted by Gasteiger charge is -2.10. The van der Waals surface area contributed by atoms with Crippen molar-refractivity contribution in [3.05, 3.63) is 75.6 Å². The molecule has 0 aliphatic carbocycles. The van der Waals surface area contributed by atoms with Gasteiger partial charge >= 0.3 is 0 Å². The van der Waals surface area contributed by atoms with E-state index >= 15 is 0 Å². The summed E-state index contributed by atoms with van der Waals surface area (Å²) in [5.41, 5.74) is 4.35. The summed E-state index contributed by atoms with van der Waals surface area (Å²) in [6.45, 7) is 0. The number of halogens is 3. The van der Waals surface area contributed by atoms with Gasteiger partial charge in [-0.3, -0.25) is 0 Å². The molecule has 3 nitrogen and oxygen atoms in total. The largest absolute Gasteiger partial charge is 0.244 e. The van der Waals surface area contributed by atoms with Crippen molar-refractivity contribution in [1.29, 1.82) is 0 Å². The Labute approximate surface area is 162 Å². The van der Waals surface area contributed by atoms with Crippen LogP contribution in [0.3, 0.4) is 0 Å². The average molecular weight is 431 g/mol. The van der Waals surface area contributed by atoms with E-state index in [2.05, 4.69) is 36.9 Å².